The first kappa shape index (κ1) is 30.2. The fourth-order valence-electron chi connectivity index (χ4n) is 4.10. The van der Waals surface area contributed by atoms with Crippen LogP contribution in [0, 0.1) is 13.8 Å². The quantitative estimate of drug-likeness (QED) is 0.284. The molecule has 192 valence electrons. The predicted molar refractivity (Wildman–Crippen MR) is 143 cm³/mol. The van der Waals surface area contributed by atoms with Gasteiger partial charge in [0.05, 0.1) is 32.8 Å². The summed E-state index contributed by atoms with van der Waals surface area (Å²) < 4.78 is 0. The molecule has 4 aromatic rings. The van der Waals surface area contributed by atoms with Crippen molar-refractivity contribution in [2.75, 3.05) is 5.32 Å². The number of hydrogen-bond acceptors (Lipinski definition) is 7. The van der Waals surface area contributed by atoms with Crippen LogP contribution in [0.5, 0.6) is 11.5 Å². The average molecular weight is 572 g/mol. The zero-order chi connectivity index (χ0) is 27.7. The van der Waals surface area contributed by atoms with Crippen LogP contribution >= 0.6 is 23.2 Å². The molecular formula is C29H20Cl2NNaO6. The van der Waals surface area contributed by atoms with E-state index in [4.69, 9.17) is 23.2 Å². The van der Waals surface area contributed by atoms with Gasteiger partial charge in [0.1, 0.15) is 11.5 Å². The van der Waals surface area contributed by atoms with Crippen molar-refractivity contribution in [1.82, 2.24) is 0 Å². The number of halogens is 2. The molecule has 39 heavy (non-hydrogen) atoms. The summed E-state index contributed by atoms with van der Waals surface area (Å²) in [5, 5.41) is 34.5. The third kappa shape index (κ3) is 5.98. The van der Waals surface area contributed by atoms with Gasteiger partial charge in [0.2, 0.25) is 5.78 Å². The Hall–Kier alpha value is -3.33. The first-order valence-corrected chi connectivity index (χ1v) is 12.0. The monoisotopic (exact) mass is 571 g/mol. The Morgan fingerprint density at radius 3 is 2.18 bits per heavy atom. The zero-order valence-corrected chi connectivity index (χ0v) is 24.6. The third-order valence-corrected chi connectivity index (χ3v) is 6.74. The molecular weight excluding hydrogens is 552 g/mol. The molecule has 0 aliphatic heterocycles. The molecule has 0 spiro atoms. The number of aromatic hydroxyl groups is 2. The van der Waals surface area contributed by atoms with Crippen molar-refractivity contribution < 1.29 is 59.3 Å². The molecule has 0 saturated carbocycles. The van der Waals surface area contributed by atoms with Crippen LogP contribution in [-0.2, 0) is 0 Å². The molecule has 0 aromatic heterocycles. The van der Waals surface area contributed by atoms with E-state index in [9.17, 15) is 29.7 Å². The predicted octanol–water partition coefficient (Wildman–Crippen LogP) is 2.59. The maximum absolute atomic E-state index is 12.3. The fraction of sp³-hybridized carbons (Fsp3) is 0.0690. The Labute approximate surface area is 256 Å². The van der Waals surface area contributed by atoms with E-state index in [-0.39, 0.29) is 74.7 Å². The molecule has 1 aliphatic rings. The van der Waals surface area contributed by atoms with Crippen LogP contribution in [0.2, 0.25) is 10.0 Å². The first-order chi connectivity index (χ1) is 18.0. The molecule has 0 radical (unpaired) electrons. The van der Waals surface area contributed by atoms with Gasteiger partial charge >= 0.3 is 29.6 Å². The fourth-order valence-corrected chi connectivity index (χ4v) is 4.56. The Balaban J connectivity index is 0.000000210. The van der Waals surface area contributed by atoms with E-state index >= 15 is 0 Å². The summed E-state index contributed by atoms with van der Waals surface area (Å²) in [5.41, 5.74) is 2.73. The van der Waals surface area contributed by atoms with Crippen LogP contribution in [0.3, 0.4) is 0 Å². The van der Waals surface area contributed by atoms with Gasteiger partial charge in [-0.1, -0.05) is 59.6 Å². The van der Waals surface area contributed by atoms with Crippen LogP contribution in [0.25, 0.3) is 0 Å². The Morgan fingerprint density at radius 1 is 0.821 bits per heavy atom. The van der Waals surface area contributed by atoms with Crippen LogP contribution in [0.4, 0.5) is 11.4 Å². The minimum atomic E-state index is -1.26. The Bertz CT molecular complexity index is 1640. The first-order valence-electron chi connectivity index (χ1n) is 11.3. The van der Waals surface area contributed by atoms with Crippen molar-refractivity contribution in [3.8, 4) is 11.5 Å². The van der Waals surface area contributed by atoms with E-state index in [1.165, 1.54) is 30.3 Å². The number of para-hydroxylation sites is 1. The molecule has 10 heteroatoms. The van der Waals surface area contributed by atoms with E-state index in [0.29, 0.717) is 27.0 Å². The van der Waals surface area contributed by atoms with Gasteiger partial charge in [-0.15, -0.1) is 0 Å². The molecule has 0 bridgehead atoms. The summed E-state index contributed by atoms with van der Waals surface area (Å²) in [6.45, 7) is 3.57. The summed E-state index contributed by atoms with van der Waals surface area (Å²) in [5.74, 6) is -2.63. The SMILES string of the molecule is Cc1cc(O)c2c(c1)C(=O)c1cccc(O)c1C2=O.Cc1ccc(Cl)c(Nc2ccccc2C(=O)[O-])c1Cl.[Na+]. The molecule has 3 N–H and O–H groups in total. The van der Waals surface area contributed by atoms with Gasteiger partial charge in [0.15, 0.2) is 5.78 Å². The second-order valence-electron chi connectivity index (χ2n) is 8.58. The van der Waals surface area contributed by atoms with E-state index in [0.717, 1.165) is 5.56 Å². The summed E-state index contributed by atoms with van der Waals surface area (Å²) >= 11 is 12.2. The number of phenolic OH excluding ortho intramolecular Hbond substituents is 2. The largest absolute Gasteiger partial charge is 1.00 e. The van der Waals surface area contributed by atoms with Crippen molar-refractivity contribution >= 4 is 52.1 Å². The number of benzene rings is 4. The van der Waals surface area contributed by atoms with Gasteiger partial charge in [0, 0.05) is 22.4 Å². The average Bonchev–Trinajstić information content (AvgIpc) is 2.87. The second-order valence-corrected chi connectivity index (χ2v) is 9.36. The topological polar surface area (TPSA) is 127 Å². The summed E-state index contributed by atoms with van der Waals surface area (Å²) in [4.78, 5) is 35.7. The van der Waals surface area contributed by atoms with Gasteiger partial charge in [-0.05, 0) is 55.3 Å². The van der Waals surface area contributed by atoms with Crippen molar-refractivity contribution in [2.24, 2.45) is 0 Å². The number of phenols is 2. The van der Waals surface area contributed by atoms with Crippen molar-refractivity contribution in [3.05, 3.63) is 116 Å². The van der Waals surface area contributed by atoms with Crippen molar-refractivity contribution in [2.45, 2.75) is 13.8 Å². The van der Waals surface area contributed by atoms with E-state index < -0.39 is 11.8 Å². The van der Waals surface area contributed by atoms with Crippen LogP contribution < -0.4 is 40.0 Å². The molecule has 0 atom stereocenters. The normalized spacial score (nSPS) is 11.4. The number of carboxylic acid groups (broad SMARTS) is 1. The summed E-state index contributed by atoms with van der Waals surface area (Å²) in [6, 6.07) is 17.3. The molecule has 0 saturated heterocycles. The second kappa shape index (κ2) is 12.2. The summed E-state index contributed by atoms with van der Waals surface area (Å²) in [6.07, 6.45) is 0. The van der Waals surface area contributed by atoms with E-state index in [1.54, 1.807) is 43.3 Å². The zero-order valence-electron chi connectivity index (χ0n) is 21.1. The van der Waals surface area contributed by atoms with Crippen molar-refractivity contribution in [1.29, 1.82) is 0 Å². The maximum atomic E-state index is 12.3. The minimum Gasteiger partial charge on any atom is -0.545 e. The third-order valence-electron chi connectivity index (χ3n) is 5.94. The minimum absolute atomic E-state index is 0. The number of fused-ring (bicyclic) bond motifs is 2. The number of ketones is 2. The maximum Gasteiger partial charge on any atom is 1.00 e. The Morgan fingerprint density at radius 2 is 1.49 bits per heavy atom. The standard InChI is InChI=1S/C15H10O4.C14H11Cl2NO2.Na/c1-7-5-9-13(11(17)6-7)15(19)12-8(14(9)18)3-2-4-10(12)16;1-8-6-7-10(15)13(12(8)16)17-11-5-3-2-4-9(11)14(18)19;/h2-6,16-17H,1H3;2-7,17H,1H3,(H,18,19);/q;;+1/p-1. The van der Waals surface area contributed by atoms with Gasteiger partial charge in [-0.25, -0.2) is 0 Å². The molecule has 1 aliphatic carbocycles. The number of carboxylic acids is 1. The van der Waals surface area contributed by atoms with Crippen LogP contribution in [0.15, 0.2) is 66.7 Å². The van der Waals surface area contributed by atoms with Gasteiger partial charge in [-0.3, -0.25) is 9.59 Å². The number of aromatic carboxylic acids is 1. The molecule has 4 aromatic carbocycles. The number of carbonyl (C=O) groups excluding carboxylic acids is 3. The van der Waals surface area contributed by atoms with E-state index in [1.807, 2.05) is 6.92 Å². The molecule has 5 rings (SSSR count). The molecule has 0 heterocycles. The number of anilines is 2. The number of aryl methyl sites for hydroxylation is 2. The van der Waals surface area contributed by atoms with Gasteiger partial charge in [0.25, 0.3) is 0 Å². The molecule has 7 nitrogen and oxygen atoms in total. The molecule has 0 fully saturated rings. The molecule has 0 unspecified atom stereocenters. The number of hydrogen-bond donors (Lipinski definition) is 3. The molecule has 0 amide bonds. The summed E-state index contributed by atoms with van der Waals surface area (Å²) in [7, 11) is 0. The smallest absolute Gasteiger partial charge is 0.545 e. The number of rotatable bonds is 3. The Kier molecular flexibility index (Phi) is 9.48. The number of nitrogens with one attached hydrogen (secondary N) is 1. The number of carbonyl (C=O) groups is 3. The van der Waals surface area contributed by atoms with Gasteiger partial charge < -0.3 is 25.4 Å². The van der Waals surface area contributed by atoms with Crippen LogP contribution in [0.1, 0.15) is 53.3 Å². The van der Waals surface area contributed by atoms with Crippen LogP contribution in [-0.4, -0.2) is 27.7 Å². The van der Waals surface area contributed by atoms with Crippen molar-refractivity contribution in [3.63, 3.8) is 0 Å². The van der Waals surface area contributed by atoms with E-state index in [2.05, 4.69) is 5.32 Å². The van der Waals surface area contributed by atoms with Gasteiger partial charge in [-0.2, -0.15) is 0 Å².